The van der Waals surface area contributed by atoms with E-state index in [-0.39, 0.29) is 57.2 Å². The number of ether oxygens (including phenoxy) is 2. The first-order valence-electron chi connectivity index (χ1n) is 10.8. The molecule has 2 unspecified atom stereocenters. The third kappa shape index (κ3) is 8.14. The summed E-state index contributed by atoms with van der Waals surface area (Å²) in [5, 5.41) is 0.121. The summed E-state index contributed by atoms with van der Waals surface area (Å²) in [4.78, 5) is 11.5. The monoisotopic (exact) mass is 599 g/mol. The van der Waals surface area contributed by atoms with E-state index in [1.54, 1.807) is 6.92 Å². The molecule has 2 aromatic carbocycles. The lowest BCUT2D eigenvalue weighted by atomic mass is 10.2. The van der Waals surface area contributed by atoms with E-state index in [9.17, 15) is 21.6 Å². The number of carbonyl (C=O) groups is 1. The van der Waals surface area contributed by atoms with Crippen molar-refractivity contribution in [1.29, 1.82) is 0 Å². The predicted molar refractivity (Wildman–Crippen MR) is 141 cm³/mol. The van der Waals surface area contributed by atoms with Crippen LogP contribution in [-0.2, 0) is 24.7 Å². The number of hydrogen-bond acceptors (Lipinski definition) is 7. The fourth-order valence-electron chi connectivity index (χ4n) is 3.02. The fourth-order valence-corrected chi connectivity index (χ4v) is 6.14. The van der Waals surface area contributed by atoms with Crippen LogP contribution >= 0.6 is 34.8 Å². The third-order valence-corrected chi connectivity index (χ3v) is 9.00. The number of sulfonamides is 1. The summed E-state index contributed by atoms with van der Waals surface area (Å²) in [6.07, 6.45) is 0.962. The summed E-state index contributed by atoms with van der Waals surface area (Å²) >= 11 is 18.3. The normalized spacial score (nSPS) is 13.6. The van der Waals surface area contributed by atoms with Gasteiger partial charge in [-0.1, -0.05) is 37.0 Å². The van der Waals surface area contributed by atoms with E-state index in [2.05, 4.69) is 0 Å². The first kappa shape index (κ1) is 30.5. The van der Waals surface area contributed by atoms with Gasteiger partial charge in [-0.2, -0.15) is 0 Å². The van der Waals surface area contributed by atoms with Crippen LogP contribution in [0.4, 0.5) is 0 Å². The minimum Gasteiger partial charge on any atom is -0.493 e. The van der Waals surface area contributed by atoms with Crippen LogP contribution in [0.2, 0.25) is 10.0 Å². The molecule has 2 aromatic rings. The number of hydrogen-bond donors (Lipinski definition) is 0. The fraction of sp³-hybridized carbons (Fsp3) is 0.435. The highest BCUT2D eigenvalue weighted by atomic mass is 35.5. The van der Waals surface area contributed by atoms with E-state index < -0.39 is 25.8 Å². The van der Waals surface area contributed by atoms with E-state index in [0.717, 1.165) is 10.6 Å². The van der Waals surface area contributed by atoms with Gasteiger partial charge >= 0.3 is 0 Å². The molecule has 0 fully saturated rings. The van der Waals surface area contributed by atoms with Crippen molar-refractivity contribution in [2.75, 3.05) is 31.9 Å². The van der Waals surface area contributed by atoms with Crippen molar-refractivity contribution in [1.82, 2.24) is 4.31 Å². The highest BCUT2D eigenvalue weighted by molar-refractivity contribution is 7.91. The zero-order valence-electron chi connectivity index (χ0n) is 20.2. The van der Waals surface area contributed by atoms with Gasteiger partial charge in [0.1, 0.15) is 5.75 Å². The average Bonchev–Trinajstić information content (AvgIpc) is 2.79. The highest BCUT2D eigenvalue weighted by Crippen LogP contribution is 2.37. The van der Waals surface area contributed by atoms with Crippen LogP contribution in [-0.4, -0.2) is 58.9 Å². The molecule has 0 aromatic heterocycles. The molecule has 0 saturated carbocycles. The van der Waals surface area contributed by atoms with Gasteiger partial charge in [0.2, 0.25) is 25.8 Å². The molecule has 2 atom stereocenters. The van der Waals surface area contributed by atoms with E-state index in [1.165, 1.54) is 43.3 Å². The Balaban J connectivity index is 2.12. The van der Waals surface area contributed by atoms with Gasteiger partial charge in [-0.05, 0) is 36.4 Å². The molecule has 0 bridgehead atoms. The van der Waals surface area contributed by atoms with Crippen molar-refractivity contribution in [3.63, 3.8) is 0 Å². The van der Waals surface area contributed by atoms with E-state index in [0.29, 0.717) is 11.6 Å². The molecular formula is C23H28Cl3NO7S2. The quantitative estimate of drug-likeness (QED) is 0.319. The molecule has 0 saturated heterocycles. The second-order valence-corrected chi connectivity index (χ2v) is 13.5. The van der Waals surface area contributed by atoms with Gasteiger partial charge in [0.25, 0.3) is 0 Å². The van der Waals surface area contributed by atoms with Crippen LogP contribution in [0.3, 0.4) is 0 Å². The molecule has 0 radical (unpaired) electrons. The Bertz CT molecular complexity index is 1260. The van der Waals surface area contributed by atoms with Crippen molar-refractivity contribution >= 4 is 60.6 Å². The number of amides is 1. The number of sulfone groups is 1. The van der Waals surface area contributed by atoms with Gasteiger partial charge < -0.3 is 9.47 Å². The number of alkyl halides is 1. The standard InChI is InChI=1S/C23H28Cl3NO7S2/c1-15(11-24)13-34-23-21(25)9-20(10-22(23)26)36(31,32)19-7-5-18(6-8-19)33-14-16(2)12-27(17(3)28)35(4,29)30/h5-10,15-16H,11-14H2,1-4H3. The Kier molecular flexibility index (Phi) is 10.8. The zero-order chi connectivity index (χ0) is 27.3. The van der Waals surface area contributed by atoms with Crippen LogP contribution in [0.1, 0.15) is 20.8 Å². The Morgan fingerprint density at radius 2 is 1.44 bits per heavy atom. The van der Waals surface area contributed by atoms with Crippen molar-refractivity contribution in [3.8, 4) is 11.5 Å². The average molecular weight is 601 g/mol. The molecule has 13 heteroatoms. The molecule has 0 N–H and O–H groups in total. The molecular weight excluding hydrogens is 573 g/mol. The van der Waals surface area contributed by atoms with Gasteiger partial charge in [0.05, 0.1) is 39.3 Å². The number of carbonyl (C=O) groups excluding carboxylic acids is 1. The lowest BCUT2D eigenvalue weighted by Crippen LogP contribution is -2.38. The topological polar surface area (TPSA) is 107 Å². The number of benzene rings is 2. The molecule has 0 aliphatic heterocycles. The predicted octanol–water partition coefficient (Wildman–Crippen LogP) is 4.90. The number of rotatable bonds is 12. The first-order chi connectivity index (χ1) is 16.7. The maximum Gasteiger partial charge on any atom is 0.234 e. The largest absolute Gasteiger partial charge is 0.493 e. The lowest BCUT2D eigenvalue weighted by Gasteiger charge is -2.22. The maximum absolute atomic E-state index is 13.1. The van der Waals surface area contributed by atoms with E-state index in [1.807, 2.05) is 6.92 Å². The summed E-state index contributed by atoms with van der Waals surface area (Å²) in [7, 11) is -7.62. The molecule has 8 nitrogen and oxygen atoms in total. The molecule has 2 rings (SSSR count). The van der Waals surface area contributed by atoms with E-state index >= 15 is 0 Å². The molecule has 36 heavy (non-hydrogen) atoms. The third-order valence-electron chi connectivity index (χ3n) is 4.96. The molecule has 1 amide bonds. The van der Waals surface area contributed by atoms with E-state index in [4.69, 9.17) is 44.3 Å². The van der Waals surface area contributed by atoms with Crippen LogP contribution in [0, 0.1) is 11.8 Å². The molecule has 0 heterocycles. The molecule has 0 spiro atoms. The number of halogens is 3. The van der Waals surface area contributed by atoms with Gasteiger partial charge in [-0.25, -0.2) is 21.1 Å². The van der Waals surface area contributed by atoms with Crippen LogP contribution in [0.5, 0.6) is 11.5 Å². The maximum atomic E-state index is 13.1. The lowest BCUT2D eigenvalue weighted by molar-refractivity contribution is -0.124. The van der Waals surface area contributed by atoms with Crippen LogP contribution in [0.15, 0.2) is 46.2 Å². The highest BCUT2D eigenvalue weighted by Gasteiger charge is 2.24. The summed E-state index contributed by atoms with van der Waals surface area (Å²) in [6, 6.07) is 8.26. The Hall–Kier alpha value is -1.72. The van der Waals surface area contributed by atoms with Gasteiger partial charge in [0.15, 0.2) is 5.75 Å². The van der Waals surface area contributed by atoms with Crippen molar-refractivity contribution < 1.29 is 31.1 Å². The second kappa shape index (κ2) is 12.7. The van der Waals surface area contributed by atoms with Crippen LogP contribution in [0.25, 0.3) is 0 Å². The van der Waals surface area contributed by atoms with Crippen molar-refractivity contribution in [3.05, 3.63) is 46.4 Å². The molecule has 200 valence electrons. The first-order valence-corrected chi connectivity index (χ1v) is 15.4. The summed E-state index contributed by atoms with van der Waals surface area (Å²) < 4.78 is 61.7. The number of nitrogens with zero attached hydrogens (tertiary/aromatic N) is 1. The smallest absolute Gasteiger partial charge is 0.234 e. The van der Waals surface area contributed by atoms with Crippen molar-refractivity contribution in [2.45, 2.75) is 30.6 Å². The minimum absolute atomic E-state index is 0.000654. The van der Waals surface area contributed by atoms with Gasteiger partial charge in [0, 0.05) is 31.2 Å². The Morgan fingerprint density at radius 1 is 0.917 bits per heavy atom. The summed E-state index contributed by atoms with van der Waals surface area (Å²) in [6.45, 7) is 5.15. The SMILES string of the molecule is CC(=O)N(CC(C)COc1ccc(S(=O)(=O)c2cc(Cl)c(OCC(C)CCl)c(Cl)c2)cc1)S(C)(=O)=O. The molecule has 0 aliphatic rings. The summed E-state index contributed by atoms with van der Waals surface area (Å²) in [5.41, 5.74) is 0. The van der Waals surface area contributed by atoms with Crippen LogP contribution < -0.4 is 9.47 Å². The Labute approximate surface area is 227 Å². The zero-order valence-corrected chi connectivity index (χ0v) is 24.1. The summed E-state index contributed by atoms with van der Waals surface area (Å²) in [5.74, 6) is 0.124. The van der Waals surface area contributed by atoms with Gasteiger partial charge in [-0.3, -0.25) is 4.79 Å². The molecule has 0 aliphatic carbocycles. The minimum atomic E-state index is -3.94. The Morgan fingerprint density at radius 3 is 1.92 bits per heavy atom. The second-order valence-electron chi connectivity index (χ2n) is 8.49. The van der Waals surface area contributed by atoms with Crippen molar-refractivity contribution in [2.24, 2.45) is 11.8 Å². The van der Waals surface area contributed by atoms with Gasteiger partial charge in [-0.15, -0.1) is 11.6 Å².